The van der Waals surface area contributed by atoms with Gasteiger partial charge in [-0.2, -0.15) is 0 Å². The van der Waals surface area contributed by atoms with Crippen molar-refractivity contribution in [2.75, 3.05) is 0 Å². The van der Waals surface area contributed by atoms with E-state index in [0.29, 0.717) is 37.9 Å². The van der Waals surface area contributed by atoms with Crippen LogP contribution in [0.15, 0.2) is 62.4 Å². The number of aryl methyl sites for hydroxylation is 2. The molecule has 3 heterocycles. The van der Waals surface area contributed by atoms with Gasteiger partial charge in [-0.3, -0.25) is 9.59 Å². The summed E-state index contributed by atoms with van der Waals surface area (Å²) >= 11 is 12.4. The van der Waals surface area contributed by atoms with Crippen molar-refractivity contribution in [2.24, 2.45) is 0 Å². The van der Waals surface area contributed by atoms with Gasteiger partial charge in [0.15, 0.2) is 5.43 Å². The lowest BCUT2D eigenvalue weighted by molar-refractivity contribution is 0.0701. The maximum absolute atomic E-state index is 13.6. The summed E-state index contributed by atoms with van der Waals surface area (Å²) in [5.74, 6) is 0.262. The molecular weight excluding hydrogens is 437 g/mol. The van der Waals surface area contributed by atoms with Gasteiger partial charge in [0.1, 0.15) is 11.3 Å². The Balaban J connectivity index is 1.77. The summed E-state index contributed by atoms with van der Waals surface area (Å²) in [5, 5.41) is 1.18. The van der Waals surface area contributed by atoms with Gasteiger partial charge in [0.05, 0.1) is 39.8 Å². The number of fused-ring (bicyclic) bond motifs is 2. The third-order valence-electron chi connectivity index (χ3n) is 5.75. The molecule has 1 aliphatic rings. The molecule has 4 aromatic rings. The summed E-state index contributed by atoms with van der Waals surface area (Å²) in [5.41, 5.74) is 3.09. The first-order valence-electron chi connectivity index (χ1n) is 9.71. The summed E-state index contributed by atoms with van der Waals surface area (Å²) in [6.45, 7) is 4.05. The van der Waals surface area contributed by atoms with Crippen LogP contribution in [0.3, 0.4) is 0 Å². The summed E-state index contributed by atoms with van der Waals surface area (Å²) in [4.78, 5) is 28.6. The van der Waals surface area contributed by atoms with Crippen molar-refractivity contribution in [1.82, 2.24) is 4.90 Å². The Morgan fingerprint density at radius 3 is 2.48 bits per heavy atom. The Morgan fingerprint density at radius 1 is 1.00 bits per heavy atom. The average Bonchev–Trinajstić information content (AvgIpc) is 3.34. The lowest BCUT2D eigenvalue weighted by Crippen LogP contribution is -2.29. The highest BCUT2D eigenvalue weighted by atomic mass is 35.5. The zero-order chi connectivity index (χ0) is 21.9. The molecule has 156 valence electrons. The van der Waals surface area contributed by atoms with Crippen LogP contribution in [0.4, 0.5) is 0 Å². The van der Waals surface area contributed by atoms with Gasteiger partial charge in [0.25, 0.3) is 5.91 Å². The Hall–Kier alpha value is -3.02. The number of hydrogen-bond donors (Lipinski definition) is 0. The minimum Gasteiger partial charge on any atom is -0.467 e. The minimum absolute atomic E-state index is 0.0448. The molecule has 1 unspecified atom stereocenters. The second kappa shape index (κ2) is 7.29. The molecule has 2 aromatic heterocycles. The molecule has 5 rings (SSSR count). The van der Waals surface area contributed by atoms with Crippen molar-refractivity contribution in [3.05, 3.63) is 103 Å². The van der Waals surface area contributed by atoms with Gasteiger partial charge in [-0.1, -0.05) is 29.3 Å². The van der Waals surface area contributed by atoms with Gasteiger partial charge in [-0.15, -0.1) is 0 Å². The minimum atomic E-state index is -0.676. The van der Waals surface area contributed by atoms with Crippen molar-refractivity contribution < 1.29 is 13.6 Å². The van der Waals surface area contributed by atoms with Gasteiger partial charge < -0.3 is 13.7 Å². The standard InChI is InChI=1S/C24H17Cl2NO4/c1-12-8-16-19(9-13(12)2)31-23-20(22(16)28)21(14-5-6-17(25)18(26)10-14)27(24(23)29)11-15-4-3-7-30-15/h3-10,21H,11H2,1-2H3. The first-order valence-corrected chi connectivity index (χ1v) is 10.5. The molecule has 0 fully saturated rings. The molecule has 0 radical (unpaired) electrons. The maximum Gasteiger partial charge on any atom is 0.291 e. The first kappa shape index (κ1) is 19.9. The largest absolute Gasteiger partial charge is 0.467 e. The summed E-state index contributed by atoms with van der Waals surface area (Å²) in [7, 11) is 0. The number of furan rings is 1. The van der Waals surface area contributed by atoms with Crippen LogP contribution in [-0.4, -0.2) is 10.8 Å². The SMILES string of the molecule is Cc1cc2oc3c(c(=O)c2cc1C)C(c1ccc(Cl)c(Cl)c1)N(Cc1ccco1)C3=O. The molecule has 2 aromatic carbocycles. The van der Waals surface area contributed by atoms with E-state index in [-0.39, 0.29) is 23.6 Å². The van der Waals surface area contributed by atoms with Crippen LogP contribution >= 0.6 is 23.2 Å². The second-order valence-corrected chi connectivity index (χ2v) is 8.51. The van der Waals surface area contributed by atoms with Crippen LogP contribution in [-0.2, 0) is 6.54 Å². The highest BCUT2D eigenvalue weighted by molar-refractivity contribution is 6.42. The third kappa shape index (κ3) is 3.16. The normalized spacial score (nSPS) is 15.7. The van der Waals surface area contributed by atoms with E-state index in [4.69, 9.17) is 32.0 Å². The number of carbonyl (C=O) groups excluding carboxylic acids is 1. The quantitative estimate of drug-likeness (QED) is 0.378. The topological polar surface area (TPSA) is 63.7 Å². The molecule has 1 aliphatic heterocycles. The molecule has 0 saturated heterocycles. The Kier molecular flexibility index (Phi) is 4.68. The van der Waals surface area contributed by atoms with Gasteiger partial charge in [0, 0.05) is 0 Å². The highest BCUT2D eigenvalue weighted by Crippen LogP contribution is 2.40. The molecule has 5 nitrogen and oxygen atoms in total. The van der Waals surface area contributed by atoms with Crippen LogP contribution < -0.4 is 5.43 Å². The van der Waals surface area contributed by atoms with Crippen molar-refractivity contribution >= 4 is 40.1 Å². The van der Waals surface area contributed by atoms with Crippen LogP contribution in [0.25, 0.3) is 11.0 Å². The number of halogens is 2. The number of rotatable bonds is 3. The molecule has 0 saturated carbocycles. The lowest BCUT2D eigenvalue weighted by Gasteiger charge is -2.24. The molecule has 0 aliphatic carbocycles. The fourth-order valence-corrected chi connectivity index (χ4v) is 4.34. The van der Waals surface area contributed by atoms with E-state index in [1.54, 1.807) is 47.6 Å². The summed E-state index contributed by atoms with van der Waals surface area (Å²) in [6, 6.07) is 11.6. The predicted molar refractivity (Wildman–Crippen MR) is 119 cm³/mol. The molecule has 0 bridgehead atoms. The zero-order valence-corrected chi connectivity index (χ0v) is 18.3. The van der Waals surface area contributed by atoms with E-state index in [1.807, 2.05) is 19.9 Å². The van der Waals surface area contributed by atoms with Crippen molar-refractivity contribution in [3.8, 4) is 0 Å². The van der Waals surface area contributed by atoms with Crippen molar-refractivity contribution in [1.29, 1.82) is 0 Å². The van der Waals surface area contributed by atoms with E-state index in [2.05, 4.69) is 0 Å². The number of carbonyl (C=O) groups is 1. The number of amides is 1. The van der Waals surface area contributed by atoms with Crippen LogP contribution in [0, 0.1) is 13.8 Å². The van der Waals surface area contributed by atoms with Gasteiger partial charge in [0.2, 0.25) is 5.76 Å². The van der Waals surface area contributed by atoms with Gasteiger partial charge >= 0.3 is 0 Å². The summed E-state index contributed by atoms with van der Waals surface area (Å²) in [6.07, 6.45) is 1.54. The Morgan fingerprint density at radius 2 is 1.77 bits per heavy atom. The van der Waals surface area contributed by atoms with E-state index in [1.165, 1.54) is 0 Å². The second-order valence-electron chi connectivity index (χ2n) is 7.70. The van der Waals surface area contributed by atoms with E-state index in [9.17, 15) is 9.59 Å². The van der Waals surface area contributed by atoms with Crippen molar-refractivity contribution in [3.63, 3.8) is 0 Å². The molecule has 1 amide bonds. The average molecular weight is 454 g/mol. The fraction of sp³-hybridized carbons (Fsp3) is 0.167. The molecule has 7 heteroatoms. The predicted octanol–water partition coefficient (Wildman–Crippen LogP) is 6.06. The monoisotopic (exact) mass is 453 g/mol. The molecule has 0 spiro atoms. The maximum atomic E-state index is 13.6. The van der Waals surface area contributed by atoms with Crippen molar-refractivity contribution in [2.45, 2.75) is 26.4 Å². The zero-order valence-electron chi connectivity index (χ0n) is 16.7. The van der Waals surface area contributed by atoms with Crippen LogP contribution in [0.1, 0.15) is 44.6 Å². The molecule has 31 heavy (non-hydrogen) atoms. The molecular formula is C24H17Cl2NO4. The van der Waals surface area contributed by atoms with Gasteiger partial charge in [-0.25, -0.2) is 0 Å². The Bertz CT molecular complexity index is 1410. The molecule has 1 atom stereocenters. The number of hydrogen-bond acceptors (Lipinski definition) is 4. The van der Waals surface area contributed by atoms with E-state index in [0.717, 1.165) is 11.1 Å². The fourth-order valence-electron chi connectivity index (χ4n) is 4.04. The third-order valence-corrected chi connectivity index (χ3v) is 6.49. The Labute approximate surface area is 187 Å². The summed E-state index contributed by atoms with van der Waals surface area (Å²) < 4.78 is 11.5. The number of nitrogens with zero attached hydrogens (tertiary/aromatic N) is 1. The molecule has 0 N–H and O–H groups in total. The lowest BCUT2D eigenvalue weighted by atomic mass is 9.97. The van der Waals surface area contributed by atoms with E-state index < -0.39 is 6.04 Å². The smallest absolute Gasteiger partial charge is 0.291 e. The highest BCUT2D eigenvalue weighted by Gasteiger charge is 2.43. The first-order chi connectivity index (χ1) is 14.8. The number of benzene rings is 2. The van der Waals surface area contributed by atoms with E-state index >= 15 is 0 Å². The van der Waals surface area contributed by atoms with Crippen LogP contribution in [0.5, 0.6) is 0 Å². The van der Waals surface area contributed by atoms with Crippen LogP contribution in [0.2, 0.25) is 10.0 Å². The van der Waals surface area contributed by atoms with Gasteiger partial charge in [-0.05, 0) is 66.9 Å².